The van der Waals surface area contributed by atoms with Crippen LogP contribution in [-0.4, -0.2) is 11.5 Å². The molecular formula is C12H15N3O. The van der Waals surface area contributed by atoms with E-state index in [0.717, 1.165) is 23.4 Å². The van der Waals surface area contributed by atoms with Gasteiger partial charge in [0.15, 0.2) is 0 Å². The molecule has 0 atom stereocenters. The zero-order chi connectivity index (χ0) is 11.5. The van der Waals surface area contributed by atoms with Crippen LogP contribution in [0.4, 0.5) is 6.01 Å². The molecule has 0 unspecified atom stereocenters. The van der Waals surface area contributed by atoms with E-state index in [2.05, 4.69) is 17.1 Å². The van der Waals surface area contributed by atoms with Gasteiger partial charge in [-0.2, -0.15) is 4.98 Å². The van der Waals surface area contributed by atoms with Crippen molar-refractivity contribution in [2.24, 2.45) is 5.73 Å². The first-order valence-electron chi connectivity index (χ1n) is 5.23. The third-order valence-electron chi connectivity index (χ3n) is 2.45. The minimum atomic E-state index is 0.205. The Morgan fingerprint density at radius 2 is 2.19 bits per heavy atom. The lowest BCUT2D eigenvalue weighted by molar-refractivity contribution is 0.549. The number of oxazole rings is 1. The highest BCUT2D eigenvalue weighted by Gasteiger charge is 2.09. The van der Waals surface area contributed by atoms with E-state index in [1.54, 1.807) is 0 Å². The lowest BCUT2D eigenvalue weighted by Crippen LogP contribution is -2.02. The van der Waals surface area contributed by atoms with Gasteiger partial charge in [-0.05, 0) is 31.5 Å². The van der Waals surface area contributed by atoms with Crippen molar-refractivity contribution >= 4 is 6.01 Å². The van der Waals surface area contributed by atoms with E-state index >= 15 is 0 Å². The van der Waals surface area contributed by atoms with E-state index in [9.17, 15) is 0 Å². The maximum Gasteiger partial charge on any atom is 0.292 e. The highest BCUT2D eigenvalue weighted by atomic mass is 16.4. The van der Waals surface area contributed by atoms with Gasteiger partial charge in [0.1, 0.15) is 11.5 Å². The summed E-state index contributed by atoms with van der Waals surface area (Å²) in [5.74, 6) is 0.738. The highest BCUT2D eigenvalue weighted by molar-refractivity contribution is 5.63. The van der Waals surface area contributed by atoms with E-state index in [-0.39, 0.29) is 6.01 Å². The van der Waals surface area contributed by atoms with Crippen molar-refractivity contribution in [1.29, 1.82) is 0 Å². The van der Waals surface area contributed by atoms with Gasteiger partial charge in [0.2, 0.25) is 0 Å². The largest absolute Gasteiger partial charge is 0.429 e. The first-order valence-corrected chi connectivity index (χ1v) is 5.23. The molecule has 0 fully saturated rings. The molecule has 0 aliphatic rings. The number of nitrogens with two attached hydrogens (primary N) is 2. The molecule has 84 valence electrons. The van der Waals surface area contributed by atoms with Crippen molar-refractivity contribution < 1.29 is 4.42 Å². The van der Waals surface area contributed by atoms with Gasteiger partial charge in [-0.1, -0.05) is 18.2 Å². The fourth-order valence-electron chi connectivity index (χ4n) is 1.73. The summed E-state index contributed by atoms with van der Waals surface area (Å²) in [5.41, 5.74) is 14.1. The van der Waals surface area contributed by atoms with Crippen LogP contribution in [0.2, 0.25) is 0 Å². The monoisotopic (exact) mass is 217 g/mol. The number of aromatic nitrogens is 1. The second-order valence-electron chi connectivity index (χ2n) is 3.70. The van der Waals surface area contributed by atoms with E-state index < -0.39 is 0 Å². The summed E-state index contributed by atoms with van der Waals surface area (Å²) in [7, 11) is 0. The van der Waals surface area contributed by atoms with Gasteiger partial charge < -0.3 is 15.9 Å². The molecule has 0 radical (unpaired) electrons. The SMILES string of the molecule is Cc1oc(N)nc1-c1cccc(CCN)c1. The minimum Gasteiger partial charge on any atom is -0.429 e. The quantitative estimate of drug-likeness (QED) is 0.820. The third-order valence-corrected chi connectivity index (χ3v) is 2.45. The molecule has 0 aliphatic heterocycles. The van der Waals surface area contributed by atoms with Crippen LogP contribution in [0.25, 0.3) is 11.3 Å². The maximum atomic E-state index is 5.53. The molecular weight excluding hydrogens is 202 g/mol. The summed E-state index contributed by atoms with van der Waals surface area (Å²) >= 11 is 0. The maximum absolute atomic E-state index is 5.53. The molecule has 2 aromatic rings. The minimum absolute atomic E-state index is 0.205. The average molecular weight is 217 g/mol. The van der Waals surface area contributed by atoms with Crippen LogP contribution in [0.1, 0.15) is 11.3 Å². The Morgan fingerprint density at radius 3 is 2.81 bits per heavy atom. The summed E-state index contributed by atoms with van der Waals surface area (Å²) in [4.78, 5) is 4.16. The van der Waals surface area contributed by atoms with Crippen LogP contribution in [0.5, 0.6) is 0 Å². The first-order chi connectivity index (χ1) is 7.70. The molecule has 1 aromatic heterocycles. The second kappa shape index (κ2) is 4.37. The predicted octanol–water partition coefficient (Wildman–Crippen LogP) is 1.73. The van der Waals surface area contributed by atoms with E-state index in [1.165, 1.54) is 5.56 Å². The number of aryl methyl sites for hydroxylation is 1. The Hall–Kier alpha value is -1.81. The number of hydrogen-bond acceptors (Lipinski definition) is 4. The normalized spacial score (nSPS) is 10.6. The summed E-state index contributed by atoms with van der Waals surface area (Å²) in [5, 5.41) is 0. The van der Waals surface area contributed by atoms with Crippen molar-refractivity contribution in [2.45, 2.75) is 13.3 Å². The Morgan fingerprint density at radius 1 is 1.38 bits per heavy atom. The lowest BCUT2D eigenvalue weighted by atomic mass is 10.1. The van der Waals surface area contributed by atoms with Crippen LogP contribution in [0.3, 0.4) is 0 Å². The summed E-state index contributed by atoms with van der Waals surface area (Å²) in [6, 6.07) is 8.30. The van der Waals surface area contributed by atoms with Gasteiger partial charge in [0, 0.05) is 5.56 Å². The molecule has 0 bridgehead atoms. The fraction of sp³-hybridized carbons (Fsp3) is 0.250. The molecule has 16 heavy (non-hydrogen) atoms. The molecule has 1 aromatic carbocycles. The van der Waals surface area contributed by atoms with Gasteiger partial charge in [-0.15, -0.1) is 0 Å². The van der Waals surface area contributed by atoms with Crippen molar-refractivity contribution in [2.75, 3.05) is 12.3 Å². The van der Waals surface area contributed by atoms with Crippen molar-refractivity contribution in [1.82, 2.24) is 4.98 Å². The van der Waals surface area contributed by atoms with Crippen LogP contribution in [-0.2, 0) is 6.42 Å². The zero-order valence-electron chi connectivity index (χ0n) is 9.23. The molecule has 0 aliphatic carbocycles. The molecule has 0 spiro atoms. The van der Waals surface area contributed by atoms with E-state index in [4.69, 9.17) is 15.9 Å². The summed E-state index contributed by atoms with van der Waals surface area (Å²) < 4.78 is 5.21. The molecule has 1 heterocycles. The third kappa shape index (κ3) is 2.06. The standard InChI is InChI=1S/C12H15N3O/c1-8-11(15-12(14)16-8)10-4-2-3-9(7-10)5-6-13/h2-4,7H,5-6,13H2,1H3,(H2,14,15). The topological polar surface area (TPSA) is 78.1 Å². The van der Waals surface area contributed by atoms with Crippen LogP contribution in [0, 0.1) is 6.92 Å². The number of nitrogens with zero attached hydrogens (tertiary/aromatic N) is 1. The fourth-order valence-corrected chi connectivity index (χ4v) is 1.73. The summed E-state index contributed by atoms with van der Waals surface area (Å²) in [6.45, 7) is 2.50. The number of nitrogen functional groups attached to an aromatic ring is 1. The van der Waals surface area contributed by atoms with Crippen LogP contribution >= 0.6 is 0 Å². The molecule has 4 nitrogen and oxygen atoms in total. The Bertz CT molecular complexity index is 491. The Kier molecular flexibility index (Phi) is 2.92. The van der Waals surface area contributed by atoms with Crippen LogP contribution in [0.15, 0.2) is 28.7 Å². The zero-order valence-corrected chi connectivity index (χ0v) is 9.23. The lowest BCUT2D eigenvalue weighted by Gasteiger charge is -2.02. The average Bonchev–Trinajstić information content (AvgIpc) is 2.59. The molecule has 2 rings (SSSR count). The molecule has 0 amide bonds. The van der Waals surface area contributed by atoms with Crippen molar-refractivity contribution in [3.8, 4) is 11.3 Å². The Balaban J connectivity index is 2.40. The van der Waals surface area contributed by atoms with Gasteiger partial charge in [0.05, 0.1) is 0 Å². The number of rotatable bonds is 3. The first kappa shape index (κ1) is 10.7. The number of hydrogen-bond donors (Lipinski definition) is 2. The van der Waals surface area contributed by atoms with Crippen molar-refractivity contribution in [3.05, 3.63) is 35.6 Å². The van der Waals surface area contributed by atoms with Gasteiger partial charge in [-0.3, -0.25) is 0 Å². The van der Waals surface area contributed by atoms with Gasteiger partial charge >= 0.3 is 0 Å². The highest BCUT2D eigenvalue weighted by Crippen LogP contribution is 2.24. The van der Waals surface area contributed by atoms with E-state index in [0.29, 0.717) is 6.54 Å². The molecule has 4 N–H and O–H groups in total. The molecule has 0 saturated heterocycles. The Labute approximate surface area is 94.3 Å². The van der Waals surface area contributed by atoms with Gasteiger partial charge in [0.25, 0.3) is 6.01 Å². The van der Waals surface area contributed by atoms with E-state index in [1.807, 2.05) is 19.1 Å². The predicted molar refractivity (Wildman–Crippen MR) is 63.8 cm³/mol. The number of anilines is 1. The second-order valence-corrected chi connectivity index (χ2v) is 3.70. The summed E-state index contributed by atoms with van der Waals surface area (Å²) in [6.07, 6.45) is 0.861. The molecule has 4 heteroatoms. The van der Waals surface area contributed by atoms with Crippen molar-refractivity contribution in [3.63, 3.8) is 0 Å². The smallest absolute Gasteiger partial charge is 0.292 e. The number of benzene rings is 1. The van der Waals surface area contributed by atoms with Crippen LogP contribution < -0.4 is 11.5 Å². The van der Waals surface area contributed by atoms with Gasteiger partial charge in [-0.25, -0.2) is 0 Å². The molecule has 0 saturated carbocycles.